The number of sulfonamides is 1. The summed E-state index contributed by atoms with van der Waals surface area (Å²) in [6, 6.07) is 7.21. The second-order valence-electron chi connectivity index (χ2n) is 6.46. The topological polar surface area (TPSA) is 123 Å². The molecule has 0 amide bonds. The maximum atomic E-state index is 12.5. The number of rotatable bonds is 8. The molecule has 0 aliphatic rings. The van der Waals surface area contributed by atoms with Crippen LogP contribution in [-0.2, 0) is 10.0 Å². The molecule has 0 unspecified atom stereocenters. The summed E-state index contributed by atoms with van der Waals surface area (Å²) in [7, 11) is -3.98. The molecule has 3 aromatic rings. The Morgan fingerprint density at radius 3 is 2.77 bits per heavy atom. The summed E-state index contributed by atoms with van der Waals surface area (Å²) in [6.07, 6.45) is 1.19. The molecule has 3 rings (SSSR count). The number of aromatic nitrogens is 1. The average molecular weight is 454 g/mol. The molecule has 1 aromatic heterocycles. The number of ether oxygens (including phenoxy) is 2. The lowest BCUT2D eigenvalue weighted by Crippen LogP contribution is -2.18. The Kier molecular flexibility index (Phi) is 6.37. The van der Waals surface area contributed by atoms with Crippen molar-refractivity contribution in [3.05, 3.63) is 51.5 Å². The molecule has 30 heavy (non-hydrogen) atoms. The molecule has 0 saturated carbocycles. The van der Waals surface area contributed by atoms with E-state index in [4.69, 9.17) is 25.5 Å². The zero-order chi connectivity index (χ0) is 21.9. The quantitative estimate of drug-likeness (QED) is 0.398. The second-order valence-corrected chi connectivity index (χ2v) is 8.52. The molecule has 0 saturated heterocycles. The Bertz CT molecular complexity index is 1250. The summed E-state index contributed by atoms with van der Waals surface area (Å²) in [5.74, 6) is 0.167. The van der Waals surface area contributed by atoms with E-state index in [1.165, 1.54) is 24.4 Å². The van der Waals surface area contributed by atoms with Crippen molar-refractivity contribution in [1.29, 1.82) is 0 Å². The van der Waals surface area contributed by atoms with Crippen molar-refractivity contribution >= 4 is 38.9 Å². The maximum Gasteiger partial charge on any atom is 0.417 e. The van der Waals surface area contributed by atoms with Crippen molar-refractivity contribution in [2.24, 2.45) is 5.10 Å². The van der Waals surface area contributed by atoms with E-state index in [9.17, 15) is 13.2 Å². The van der Waals surface area contributed by atoms with Gasteiger partial charge in [-0.3, -0.25) is 4.98 Å². The predicted octanol–water partition coefficient (Wildman–Crippen LogP) is 3.27. The highest BCUT2D eigenvalue weighted by molar-refractivity contribution is 7.89. The summed E-state index contributed by atoms with van der Waals surface area (Å²) in [5.41, 5.74) is 1.03. The summed E-state index contributed by atoms with van der Waals surface area (Å²) in [4.78, 5) is 15.7. The maximum absolute atomic E-state index is 12.5. The van der Waals surface area contributed by atoms with Crippen LogP contribution in [0.4, 0.5) is 0 Å². The van der Waals surface area contributed by atoms with Gasteiger partial charge in [0.05, 0.1) is 34.4 Å². The van der Waals surface area contributed by atoms with Gasteiger partial charge in [0.15, 0.2) is 17.1 Å². The third-order valence-corrected chi connectivity index (χ3v) is 5.28. The third kappa shape index (κ3) is 4.95. The van der Waals surface area contributed by atoms with E-state index in [1.54, 1.807) is 12.1 Å². The van der Waals surface area contributed by atoms with E-state index in [1.807, 2.05) is 20.8 Å². The molecule has 2 aromatic carbocycles. The van der Waals surface area contributed by atoms with E-state index in [2.05, 4.69) is 14.9 Å². The van der Waals surface area contributed by atoms with Gasteiger partial charge in [0.2, 0.25) is 0 Å². The van der Waals surface area contributed by atoms with Gasteiger partial charge in [0.25, 0.3) is 10.0 Å². The first-order valence-electron chi connectivity index (χ1n) is 9.00. The Morgan fingerprint density at radius 1 is 1.30 bits per heavy atom. The van der Waals surface area contributed by atoms with Crippen LogP contribution in [0.15, 0.2) is 49.5 Å². The average Bonchev–Trinajstić information content (AvgIpc) is 3.03. The van der Waals surface area contributed by atoms with Gasteiger partial charge in [-0.05, 0) is 50.6 Å². The lowest BCUT2D eigenvalue weighted by Gasteiger charge is -2.16. The van der Waals surface area contributed by atoms with Crippen LogP contribution in [0.2, 0.25) is 5.02 Å². The number of oxazole rings is 1. The van der Waals surface area contributed by atoms with Crippen molar-refractivity contribution < 1.29 is 22.3 Å². The normalized spacial score (nSPS) is 12.0. The van der Waals surface area contributed by atoms with Crippen LogP contribution in [0, 0.1) is 0 Å². The van der Waals surface area contributed by atoms with Crippen LogP contribution in [0.5, 0.6) is 11.5 Å². The number of nitrogens with zero attached hydrogens (tertiary/aromatic N) is 1. The molecule has 9 nitrogen and oxygen atoms in total. The fourth-order valence-corrected chi connectivity index (χ4v) is 3.66. The minimum atomic E-state index is -3.98. The van der Waals surface area contributed by atoms with Gasteiger partial charge in [-0.25, -0.2) is 9.63 Å². The van der Waals surface area contributed by atoms with E-state index in [-0.39, 0.29) is 16.6 Å². The number of hydrogen-bond donors (Lipinski definition) is 2. The van der Waals surface area contributed by atoms with Crippen molar-refractivity contribution in [3.8, 4) is 11.5 Å². The van der Waals surface area contributed by atoms with Crippen LogP contribution in [0.25, 0.3) is 11.1 Å². The Hall–Kier alpha value is -2.98. The molecule has 0 radical (unpaired) electrons. The van der Waals surface area contributed by atoms with Crippen LogP contribution in [0.3, 0.4) is 0 Å². The van der Waals surface area contributed by atoms with E-state index >= 15 is 0 Å². The molecule has 11 heteroatoms. The lowest BCUT2D eigenvalue weighted by molar-refractivity contribution is 0.224. The zero-order valence-corrected chi connectivity index (χ0v) is 18.0. The predicted molar refractivity (Wildman–Crippen MR) is 113 cm³/mol. The van der Waals surface area contributed by atoms with Gasteiger partial charge in [-0.2, -0.15) is 13.5 Å². The van der Waals surface area contributed by atoms with E-state index in [0.29, 0.717) is 34.2 Å². The molecule has 0 atom stereocenters. The fourth-order valence-electron chi connectivity index (χ4n) is 2.59. The van der Waals surface area contributed by atoms with Gasteiger partial charge < -0.3 is 13.9 Å². The van der Waals surface area contributed by atoms with Gasteiger partial charge >= 0.3 is 5.76 Å². The largest absolute Gasteiger partial charge is 0.490 e. The highest BCUT2D eigenvalue weighted by Crippen LogP contribution is 2.37. The van der Waals surface area contributed by atoms with Gasteiger partial charge in [0.1, 0.15) is 0 Å². The minimum Gasteiger partial charge on any atom is -0.490 e. The first-order chi connectivity index (χ1) is 14.2. The highest BCUT2D eigenvalue weighted by Gasteiger charge is 2.16. The van der Waals surface area contributed by atoms with E-state index in [0.717, 1.165) is 0 Å². The van der Waals surface area contributed by atoms with Gasteiger partial charge in [0, 0.05) is 6.07 Å². The number of H-pyrrole nitrogens is 1. The van der Waals surface area contributed by atoms with Crippen LogP contribution < -0.4 is 20.1 Å². The number of benzene rings is 2. The molecule has 0 spiro atoms. The molecule has 0 bridgehead atoms. The first-order valence-corrected chi connectivity index (χ1v) is 10.9. The Balaban J connectivity index is 1.82. The Labute approximate surface area is 177 Å². The molecule has 1 heterocycles. The van der Waals surface area contributed by atoms with E-state index < -0.39 is 15.8 Å². The lowest BCUT2D eigenvalue weighted by atomic mass is 10.2. The zero-order valence-electron chi connectivity index (χ0n) is 16.4. The molecule has 0 fully saturated rings. The fraction of sp³-hybridized carbons (Fsp3) is 0.263. The number of aromatic amines is 1. The Morgan fingerprint density at radius 2 is 2.07 bits per heavy atom. The summed E-state index contributed by atoms with van der Waals surface area (Å²) in [6.45, 7) is 5.96. The summed E-state index contributed by atoms with van der Waals surface area (Å²) >= 11 is 6.29. The SMILES string of the molecule is CCOc1cc(/C=N/NS(=O)(=O)c2ccc3[nH]c(=O)oc3c2)cc(Cl)c1OC(C)C. The third-order valence-electron chi connectivity index (χ3n) is 3.77. The number of nitrogens with one attached hydrogen (secondary N) is 2. The monoisotopic (exact) mass is 453 g/mol. The summed E-state index contributed by atoms with van der Waals surface area (Å²) in [5, 5.41) is 4.10. The number of hydrogen-bond acceptors (Lipinski definition) is 7. The summed E-state index contributed by atoms with van der Waals surface area (Å²) < 4.78 is 41.1. The molecule has 0 aliphatic heterocycles. The molecular weight excluding hydrogens is 434 g/mol. The molecule has 2 N–H and O–H groups in total. The van der Waals surface area contributed by atoms with Gasteiger partial charge in [-0.15, -0.1) is 0 Å². The van der Waals surface area contributed by atoms with Crippen molar-refractivity contribution in [2.45, 2.75) is 31.8 Å². The highest BCUT2D eigenvalue weighted by atomic mass is 35.5. The molecule has 0 aliphatic carbocycles. The van der Waals surface area contributed by atoms with Crippen LogP contribution in [0.1, 0.15) is 26.3 Å². The smallest absolute Gasteiger partial charge is 0.417 e. The number of hydrazone groups is 1. The van der Waals surface area contributed by atoms with Crippen LogP contribution in [-0.4, -0.2) is 32.3 Å². The minimum absolute atomic E-state index is 0.102. The standard InChI is InChI=1S/C19H20ClN3O6S/c1-4-27-17-8-12(7-14(20)18(17)28-11(2)3)10-21-23-30(25,26)13-5-6-15-16(9-13)29-19(24)22-15/h5-11,23H,4H2,1-3H3,(H,22,24)/b21-10+. The second kappa shape index (κ2) is 8.80. The van der Waals surface area contributed by atoms with Crippen molar-refractivity contribution in [2.75, 3.05) is 6.61 Å². The molecule has 160 valence electrons. The first kappa shape index (κ1) is 21.7. The molecular formula is C19H20ClN3O6S. The number of fused-ring (bicyclic) bond motifs is 1. The number of halogens is 1. The van der Waals surface area contributed by atoms with Crippen LogP contribution >= 0.6 is 11.6 Å². The van der Waals surface area contributed by atoms with Crippen molar-refractivity contribution in [1.82, 2.24) is 9.82 Å². The van der Waals surface area contributed by atoms with Crippen molar-refractivity contribution in [3.63, 3.8) is 0 Å². The van der Waals surface area contributed by atoms with Gasteiger partial charge in [-0.1, -0.05) is 11.6 Å².